The van der Waals surface area contributed by atoms with Gasteiger partial charge in [0.1, 0.15) is 0 Å². The second-order valence-electron chi connectivity index (χ2n) is 9.67. The minimum atomic E-state index is -0.555. The van der Waals surface area contributed by atoms with Crippen LogP contribution in [0.4, 0.5) is 0 Å². The summed E-state index contributed by atoms with van der Waals surface area (Å²) in [7, 11) is 0. The van der Waals surface area contributed by atoms with Crippen LogP contribution in [0.5, 0.6) is 0 Å². The van der Waals surface area contributed by atoms with Gasteiger partial charge in [0.25, 0.3) is 0 Å². The van der Waals surface area contributed by atoms with E-state index in [4.69, 9.17) is 9.72 Å². The van der Waals surface area contributed by atoms with E-state index in [0.717, 1.165) is 46.1 Å². The Labute approximate surface area is 189 Å². The first-order valence-electron chi connectivity index (χ1n) is 11.1. The highest BCUT2D eigenvalue weighted by molar-refractivity contribution is 6.07. The summed E-state index contributed by atoms with van der Waals surface area (Å²) in [5.74, 6) is -0.190. The molecule has 4 heteroatoms. The lowest BCUT2D eigenvalue weighted by Crippen LogP contribution is -2.27. The lowest BCUT2D eigenvalue weighted by Gasteiger charge is -2.26. The highest BCUT2D eigenvalue weighted by Gasteiger charge is 2.30. The summed E-state index contributed by atoms with van der Waals surface area (Å²) >= 11 is 0. The summed E-state index contributed by atoms with van der Waals surface area (Å²) in [5.41, 5.74) is 4.75. The predicted molar refractivity (Wildman–Crippen MR) is 128 cm³/mol. The predicted octanol–water partition coefficient (Wildman–Crippen LogP) is 6.13. The van der Waals surface area contributed by atoms with Crippen LogP contribution >= 0.6 is 0 Å². The molecule has 4 nitrogen and oxygen atoms in total. The van der Waals surface area contributed by atoms with Gasteiger partial charge in [0.05, 0.1) is 16.8 Å². The van der Waals surface area contributed by atoms with Gasteiger partial charge in [0.15, 0.2) is 12.4 Å². The molecule has 1 heterocycles. The number of ether oxygens (including phenoxy) is 1. The summed E-state index contributed by atoms with van der Waals surface area (Å²) in [4.78, 5) is 30.6. The number of ketones is 1. The molecule has 0 saturated carbocycles. The zero-order chi connectivity index (χ0) is 22.9. The first kappa shape index (κ1) is 21.9. The van der Waals surface area contributed by atoms with E-state index in [9.17, 15) is 9.59 Å². The molecule has 0 aliphatic heterocycles. The summed E-state index contributed by atoms with van der Waals surface area (Å²) in [6.45, 7) is 7.45. The molecule has 1 aliphatic carbocycles. The van der Waals surface area contributed by atoms with Crippen LogP contribution in [-0.4, -0.2) is 23.3 Å². The van der Waals surface area contributed by atoms with E-state index in [1.807, 2.05) is 63.2 Å². The van der Waals surface area contributed by atoms with Gasteiger partial charge in [-0.2, -0.15) is 0 Å². The van der Waals surface area contributed by atoms with Crippen molar-refractivity contribution < 1.29 is 14.3 Å². The van der Waals surface area contributed by atoms with Gasteiger partial charge in [0, 0.05) is 10.8 Å². The number of fused-ring (bicyclic) bond motifs is 2. The third-order valence-electron chi connectivity index (χ3n) is 5.93. The standard InChI is InChI=1S/C28H29NO3/c1-18-14-20(16-19-10-6-5-7-11-19)26-22(15-18)25(21-12-8-9-13-23(21)29-26)27(31)32-17-24(30)28(2,3)4/h5-13,16,18H,14-15,17H2,1-4H3/b20-16+/t18-/m0/s1. The van der Waals surface area contributed by atoms with E-state index in [2.05, 4.69) is 25.1 Å². The fourth-order valence-corrected chi connectivity index (χ4v) is 4.14. The molecule has 1 aliphatic rings. The number of Topliss-reactive ketones (excluding diaryl/α,β-unsaturated/α-hetero) is 1. The lowest BCUT2D eigenvalue weighted by atomic mass is 9.80. The Morgan fingerprint density at radius 1 is 1.03 bits per heavy atom. The SMILES string of the molecule is C[C@H]1C/C(=C\c2ccccc2)c2nc3ccccc3c(C(=O)OCC(=O)C(C)(C)C)c2C1. The van der Waals surface area contributed by atoms with E-state index >= 15 is 0 Å². The van der Waals surface area contributed by atoms with Crippen molar-refractivity contribution in [1.82, 2.24) is 4.98 Å². The van der Waals surface area contributed by atoms with Crippen LogP contribution in [0.1, 0.15) is 61.3 Å². The second kappa shape index (κ2) is 8.70. The monoisotopic (exact) mass is 427 g/mol. The van der Waals surface area contributed by atoms with E-state index in [0.29, 0.717) is 11.5 Å². The molecule has 164 valence electrons. The van der Waals surface area contributed by atoms with Gasteiger partial charge in [-0.05, 0) is 47.6 Å². The average molecular weight is 428 g/mol. The number of benzene rings is 2. The van der Waals surface area contributed by atoms with E-state index < -0.39 is 11.4 Å². The Balaban J connectivity index is 1.83. The number of carbonyl (C=O) groups excluding carboxylic acids is 2. The molecule has 0 bridgehead atoms. The summed E-state index contributed by atoms with van der Waals surface area (Å²) in [5, 5.41) is 0.771. The van der Waals surface area contributed by atoms with Crippen molar-refractivity contribution in [2.75, 3.05) is 6.61 Å². The summed E-state index contributed by atoms with van der Waals surface area (Å²) in [6, 6.07) is 17.8. The van der Waals surface area contributed by atoms with Crippen molar-refractivity contribution in [3.8, 4) is 0 Å². The van der Waals surface area contributed by atoms with E-state index in [-0.39, 0.29) is 12.4 Å². The van der Waals surface area contributed by atoms with Crippen molar-refractivity contribution in [2.24, 2.45) is 11.3 Å². The van der Waals surface area contributed by atoms with Gasteiger partial charge < -0.3 is 4.74 Å². The molecule has 32 heavy (non-hydrogen) atoms. The quantitative estimate of drug-likeness (QED) is 0.470. The van der Waals surface area contributed by atoms with Crippen molar-refractivity contribution in [3.63, 3.8) is 0 Å². The molecular formula is C28H29NO3. The van der Waals surface area contributed by atoms with Crippen LogP contribution < -0.4 is 0 Å². The van der Waals surface area contributed by atoms with Crippen molar-refractivity contribution in [2.45, 2.75) is 40.5 Å². The molecule has 0 radical (unpaired) electrons. The molecule has 2 aromatic carbocycles. The van der Waals surface area contributed by atoms with Crippen LogP contribution in [0.3, 0.4) is 0 Å². The minimum Gasteiger partial charge on any atom is -0.454 e. The molecule has 1 aromatic heterocycles. The summed E-state index contributed by atoms with van der Waals surface area (Å²) in [6.07, 6.45) is 3.80. The van der Waals surface area contributed by atoms with Gasteiger partial charge >= 0.3 is 5.97 Å². The van der Waals surface area contributed by atoms with E-state index in [1.165, 1.54) is 0 Å². The van der Waals surface area contributed by atoms with Crippen molar-refractivity contribution in [1.29, 1.82) is 0 Å². The van der Waals surface area contributed by atoms with E-state index in [1.54, 1.807) is 0 Å². The molecule has 0 amide bonds. The van der Waals surface area contributed by atoms with Gasteiger partial charge in [-0.15, -0.1) is 0 Å². The Bertz CT molecular complexity index is 1200. The topological polar surface area (TPSA) is 56.3 Å². The third-order valence-corrected chi connectivity index (χ3v) is 5.93. The zero-order valence-electron chi connectivity index (χ0n) is 19.1. The normalized spacial score (nSPS) is 17.2. The number of para-hydroxylation sites is 1. The number of rotatable bonds is 4. The van der Waals surface area contributed by atoms with Crippen molar-refractivity contribution >= 4 is 34.3 Å². The second-order valence-corrected chi connectivity index (χ2v) is 9.67. The van der Waals surface area contributed by atoms with Gasteiger partial charge in [-0.3, -0.25) is 4.79 Å². The molecule has 3 aromatic rings. The smallest absolute Gasteiger partial charge is 0.339 e. The average Bonchev–Trinajstić information content (AvgIpc) is 2.76. The highest BCUT2D eigenvalue weighted by atomic mass is 16.5. The Morgan fingerprint density at radius 3 is 2.44 bits per heavy atom. The van der Waals surface area contributed by atoms with Crippen LogP contribution in [0.15, 0.2) is 54.6 Å². The maximum Gasteiger partial charge on any atom is 0.339 e. The Morgan fingerprint density at radius 2 is 1.72 bits per heavy atom. The van der Waals surface area contributed by atoms with Crippen LogP contribution in [0.2, 0.25) is 0 Å². The molecule has 0 spiro atoms. The number of aromatic nitrogens is 1. The Hall–Kier alpha value is -3.27. The molecule has 0 N–H and O–H groups in total. The fraction of sp³-hybridized carbons (Fsp3) is 0.321. The van der Waals surface area contributed by atoms with Crippen LogP contribution in [0, 0.1) is 11.3 Å². The molecular weight excluding hydrogens is 398 g/mol. The van der Waals surface area contributed by atoms with Gasteiger partial charge in [-0.25, -0.2) is 9.78 Å². The van der Waals surface area contributed by atoms with Crippen LogP contribution in [0.25, 0.3) is 22.6 Å². The number of nitrogens with zero attached hydrogens (tertiary/aromatic N) is 1. The van der Waals surface area contributed by atoms with Crippen molar-refractivity contribution in [3.05, 3.63) is 77.0 Å². The van der Waals surface area contributed by atoms with Gasteiger partial charge in [-0.1, -0.05) is 76.2 Å². The first-order chi connectivity index (χ1) is 15.2. The number of hydrogen-bond acceptors (Lipinski definition) is 4. The molecule has 0 saturated heterocycles. The lowest BCUT2D eigenvalue weighted by molar-refractivity contribution is -0.129. The number of hydrogen-bond donors (Lipinski definition) is 0. The first-order valence-corrected chi connectivity index (χ1v) is 11.1. The maximum absolute atomic E-state index is 13.3. The molecule has 4 rings (SSSR count). The number of pyridine rings is 1. The molecule has 1 atom stereocenters. The third kappa shape index (κ3) is 4.50. The Kier molecular flexibility index (Phi) is 5.96. The summed E-state index contributed by atoms with van der Waals surface area (Å²) < 4.78 is 5.54. The minimum absolute atomic E-state index is 0.101. The number of allylic oxidation sites excluding steroid dienone is 1. The number of esters is 1. The largest absolute Gasteiger partial charge is 0.454 e. The van der Waals surface area contributed by atoms with Crippen LogP contribution in [-0.2, 0) is 16.0 Å². The fourth-order valence-electron chi connectivity index (χ4n) is 4.14. The maximum atomic E-state index is 13.3. The number of carbonyl (C=O) groups is 2. The highest BCUT2D eigenvalue weighted by Crippen LogP contribution is 2.38. The molecule has 0 fully saturated rings. The molecule has 0 unspecified atom stereocenters. The zero-order valence-corrected chi connectivity index (χ0v) is 19.1. The van der Waals surface area contributed by atoms with Gasteiger partial charge in [0.2, 0.25) is 0 Å².